The van der Waals surface area contributed by atoms with Crippen molar-refractivity contribution in [3.05, 3.63) is 35.6 Å². The molecule has 1 aromatic rings. The van der Waals surface area contributed by atoms with Gasteiger partial charge in [0, 0.05) is 12.1 Å². The van der Waals surface area contributed by atoms with E-state index in [1.807, 2.05) is 12.1 Å². The van der Waals surface area contributed by atoms with Crippen LogP contribution in [0.5, 0.6) is 0 Å². The zero-order chi connectivity index (χ0) is 13.7. The first-order valence-electron chi connectivity index (χ1n) is 7.68. The molecule has 1 fully saturated rings. The van der Waals surface area contributed by atoms with Crippen LogP contribution < -0.4 is 5.32 Å². The molecule has 3 atom stereocenters. The van der Waals surface area contributed by atoms with Crippen LogP contribution in [0.15, 0.2) is 24.3 Å². The number of rotatable bonds is 5. The molecule has 0 amide bonds. The third-order valence-electron chi connectivity index (χ3n) is 4.36. The topological polar surface area (TPSA) is 12.0 Å². The maximum atomic E-state index is 13.6. The highest BCUT2D eigenvalue weighted by Gasteiger charge is 2.21. The Kier molecular flexibility index (Phi) is 5.38. The lowest BCUT2D eigenvalue weighted by Gasteiger charge is -2.31. The molecule has 1 saturated carbocycles. The van der Waals surface area contributed by atoms with Crippen molar-refractivity contribution in [1.82, 2.24) is 5.32 Å². The second-order valence-electron chi connectivity index (χ2n) is 6.00. The second-order valence-corrected chi connectivity index (χ2v) is 6.00. The molecule has 2 rings (SSSR count). The minimum atomic E-state index is -0.0776. The molecule has 2 heteroatoms. The third kappa shape index (κ3) is 4.31. The average molecular weight is 263 g/mol. The number of nitrogens with one attached hydrogen (secondary N) is 1. The molecule has 0 radical (unpaired) electrons. The summed E-state index contributed by atoms with van der Waals surface area (Å²) in [6, 6.07) is 8.08. The van der Waals surface area contributed by atoms with Crippen LogP contribution in [0.4, 0.5) is 4.39 Å². The second kappa shape index (κ2) is 7.04. The van der Waals surface area contributed by atoms with Gasteiger partial charge < -0.3 is 5.32 Å². The smallest absolute Gasteiger partial charge is 0.126 e. The van der Waals surface area contributed by atoms with Gasteiger partial charge in [0.05, 0.1) is 0 Å². The summed E-state index contributed by atoms with van der Waals surface area (Å²) < 4.78 is 13.6. The average Bonchev–Trinajstić information content (AvgIpc) is 2.41. The van der Waals surface area contributed by atoms with Crippen LogP contribution in [-0.2, 0) is 6.42 Å². The van der Waals surface area contributed by atoms with Crippen molar-refractivity contribution in [3.63, 3.8) is 0 Å². The highest BCUT2D eigenvalue weighted by Crippen LogP contribution is 2.27. The van der Waals surface area contributed by atoms with Crippen LogP contribution in [-0.4, -0.2) is 12.1 Å². The molecular formula is C17H26FN. The normalized spacial score (nSPS) is 25.2. The Morgan fingerprint density at radius 2 is 2.11 bits per heavy atom. The molecule has 106 valence electrons. The zero-order valence-electron chi connectivity index (χ0n) is 12.2. The molecule has 0 aliphatic heterocycles. The lowest BCUT2D eigenvalue weighted by atomic mass is 9.84. The molecule has 3 unspecified atom stereocenters. The minimum absolute atomic E-state index is 0.0776. The van der Waals surface area contributed by atoms with Gasteiger partial charge in [0.15, 0.2) is 0 Å². The highest BCUT2D eigenvalue weighted by atomic mass is 19.1. The van der Waals surface area contributed by atoms with E-state index in [0.29, 0.717) is 12.1 Å². The van der Waals surface area contributed by atoms with Gasteiger partial charge in [-0.15, -0.1) is 0 Å². The Morgan fingerprint density at radius 1 is 1.32 bits per heavy atom. The molecule has 0 heterocycles. The summed E-state index contributed by atoms with van der Waals surface area (Å²) in [7, 11) is 0. The summed E-state index contributed by atoms with van der Waals surface area (Å²) in [5.74, 6) is 0.804. The van der Waals surface area contributed by atoms with Gasteiger partial charge in [-0.3, -0.25) is 0 Å². The van der Waals surface area contributed by atoms with Crippen molar-refractivity contribution in [2.45, 2.75) is 64.5 Å². The summed E-state index contributed by atoms with van der Waals surface area (Å²) in [6.45, 7) is 4.46. The van der Waals surface area contributed by atoms with Gasteiger partial charge in [-0.2, -0.15) is 0 Å². The molecule has 0 spiro atoms. The predicted octanol–water partition coefficient (Wildman–Crippen LogP) is 4.32. The Labute approximate surface area is 116 Å². The first-order chi connectivity index (χ1) is 9.19. The van der Waals surface area contributed by atoms with Crippen molar-refractivity contribution < 1.29 is 4.39 Å². The fourth-order valence-electron chi connectivity index (χ4n) is 3.27. The highest BCUT2D eigenvalue weighted by molar-refractivity contribution is 5.18. The largest absolute Gasteiger partial charge is 0.311 e. The first kappa shape index (κ1) is 14.5. The number of hydrogen-bond acceptors (Lipinski definition) is 1. The van der Waals surface area contributed by atoms with Crippen LogP contribution in [0.1, 0.15) is 51.5 Å². The van der Waals surface area contributed by atoms with E-state index in [1.165, 1.54) is 32.1 Å². The Morgan fingerprint density at radius 3 is 2.84 bits per heavy atom. The van der Waals surface area contributed by atoms with Crippen LogP contribution in [0, 0.1) is 11.7 Å². The molecule has 0 bridgehead atoms. The molecule has 1 aliphatic carbocycles. The van der Waals surface area contributed by atoms with Gasteiger partial charge in [-0.05, 0) is 43.7 Å². The molecule has 0 saturated heterocycles. The van der Waals surface area contributed by atoms with Gasteiger partial charge in [-0.25, -0.2) is 4.39 Å². The summed E-state index contributed by atoms with van der Waals surface area (Å²) in [6.07, 6.45) is 7.36. The van der Waals surface area contributed by atoms with E-state index in [0.717, 1.165) is 17.9 Å². The van der Waals surface area contributed by atoms with Crippen LogP contribution in [0.3, 0.4) is 0 Å². The van der Waals surface area contributed by atoms with Crippen molar-refractivity contribution in [2.24, 2.45) is 5.92 Å². The van der Waals surface area contributed by atoms with Crippen molar-refractivity contribution in [3.8, 4) is 0 Å². The number of benzene rings is 1. The van der Waals surface area contributed by atoms with E-state index in [2.05, 4.69) is 19.2 Å². The lowest BCUT2D eigenvalue weighted by Crippen LogP contribution is -2.40. The van der Waals surface area contributed by atoms with E-state index < -0.39 is 0 Å². The van der Waals surface area contributed by atoms with Gasteiger partial charge in [0.2, 0.25) is 0 Å². The molecule has 1 aromatic carbocycles. The SMILES string of the molecule is CCC1CCCC(NC(C)Cc2ccccc2F)C1. The standard InChI is InChI=1S/C17H26FN/c1-3-14-7-6-9-16(12-14)19-13(2)11-15-8-4-5-10-17(15)18/h4-5,8,10,13-14,16,19H,3,6-7,9,11-12H2,1-2H3. The van der Waals surface area contributed by atoms with E-state index in [-0.39, 0.29) is 5.82 Å². The van der Waals surface area contributed by atoms with Crippen LogP contribution >= 0.6 is 0 Å². The van der Waals surface area contributed by atoms with Crippen molar-refractivity contribution in [1.29, 1.82) is 0 Å². The summed E-state index contributed by atoms with van der Waals surface area (Å²) in [5.41, 5.74) is 0.824. The number of hydrogen-bond donors (Lipinski definition) is 1. The van der Waals surface area contributed by atoms with Crippen molar-refractivity contribution in [2.75, 3.05) is 0 Å². The van der Waals surface area contributed by atoms with Gasteiger partial charge in [-0.1, -0.05) is 44.4 Å². The zero-order valence-corrected chi connectivity index (χ0v) is 12.2. The van der Waals surface area contributed by atoms with Crippen LogP contribution in [0.2, 0.25) is 0 Å². The Hall–Kier alpha value is -0.890. The van der Waals surface area contributed by atoms with E-state index in [1.54, 1.807) is 12.1 Å². The maximum Gasteiger partial charge on any atom is 0.126 e. The summed E-state index contributed by atoms with van der Waals surface area (Å²) in [4.78, 5) is 0. The van der Waals surface area contributed by atoms with E-state index in [4.69, 9.17) is 0 Å². The third-order valence-corrected chi connectivity index (χ3v) is 4.36. The molecular weight excluding hydrogens is 237 g/mol. The summed E-state index contributed by atoms with van der Waals surface area (Å²) >= 11 is 0. The van der Waals surface area contributed by atoms with E-state index in [9.17, 15) is 4.39 Å². The predicted molar refractivity (Wildman–Crippen MR) is 78.7 cm³/mol. The first-order valence-corrected chi connectivity index (χ1v) is 7.68. The van der Waals surface area contributed by atoms with Gasteiger partial charge in [0.1, 0.15) is 5.82 Å². The van der Waals surface area contributed by atoms with Gasteiger partial charge in [0.25, 0.3) is 0 Å². The maximum absolute atomic E-state index is 13.6. The van der Waals surface area contributed by atoms with E-state index >= 15 is 0 Å². The monoisotopic (exact) mass is 263 g/mol. The molecule has 0 aromatic heterocycles. The van der Waals surface area contributed by atoms with Gasteiger partial charge >= 0.3 is 0 Å². The Bertz CT molecular complexity index is 391. The molecule has 1 nitrogen and oxygen atoms in total. The molecule has 19 heavy (non-hydrogen) atoms. The fourth-order valence-corrected chi connectivity index (χ4v) is 3.27. The lowest BCUT2D eigenvalue weighted by molar-refractivity contribution is 0.264. The van der Waals surface area contributed by atoms with Crippen LogP contribution in [0.25, 0.3) is 0 Å². The quantitative estimate of drug-likeness (QED) is 0.834. The molecule has 1 N–H and O–H groups in total. The fraction of sp³-hybridized carbons (Fsp3) is 0.647. The Balaban J connectivity index is 1.84. The molecule has 1 aliphatic rings. The minimum Gasteiger partial charge on any atom is -0.311 e. The van der Waals surface area contributed by atoms with Crippen molar-refractivity contribution >= 4 is 0 Å². The number of halogens is 1. The summed E-state index contributed by atoms with van der Waals surface area (Å²) in [5, 5.41) is 3.69.